The normalized spacial score (nSPS) is 16.4. The summed E-state index contributed by atoms with van der Waals surface area (Å²) in [5.74, 6) is 0. The van der Waals surface area contributed by atoms with Crippen molar-refractivity contribution in [1.29, 1.82) is 0 Å². The summed E-state index contributed by atoms with van der Waals surface area (Å²) in [5, 5.41) is 0. The van der Waals surface area contributed by atoms with E-state index in [0.717, 1.165) is 25.1 Å². The first kappa shape index (κ1) is 9.26. The van der Waals surface area contributed by atoms with Crippen molar-refractivity contribution in [2.75, 3.05) is 13.2 Å². The van der Waals surface area contributed by atoms with E-state index in [4.69, 9.17) is 15.9 Å². The molecule has 1 aliphatic rings. The van der Waals surface area contributed by atoms with Crippen LogP contribution in [0.25, 0.3) is 4.85 Å². The third-order valence-electron chi connectivity index (χ3n) is 2.12. The van der Waals surface area contributed by atoms with E-state index >= 15 is 0 Å². The monoisotopic (exact) mass is 187 g/mol. The number of hydrogen-bond donors (Lipinski definition) is 0. The van der Waals surface area contributed by atoms with Gasteiger partial charge in [0, 0.05) is 13.2 Å². The molecule has 1 aliphatic heterocycles. The fraction of sp³-hybridized carbons (Fsp3) is 0.300. The topological polar surface area (TPSA) is 22.8 Å². The lowest BCUT2D eigenvalue weighted by Gasteiger charge is -2.19. The molecule has 3 nitrogen and oxygen atoms in total. The first-order chi connectivity index (χ1) is 6.90. The molecule has 0 unspecified atom stereocenters. The standard InChI is InChI=1S/C10H10BNO2/c1-12-10-5-3-9(4-6-10)11-13-7-2-8-14-11/h3-6H,2,7-8H2. The molecule has 70 valence electrons. The van der Waals surface area contributed by atoms with Gasteiger partial charge in [-0.05, 0) is 11.9 Å². The van der Waals surface area contributed by atoms with Gasteiger partial charge < -0.3 is 9.31 Å². The molecule has 14 heavy (non-hydrogen) atoms. The second-order valence-electron chi connectivity index (χ2n) is 3.13. The summed E-state index contributed by atoms with van der Waals surface area (Å²) in [6.07, 6.45) is 0.955. The van der Waals surface area contributed by atoms with E-state index < -0.39 is 0 Å². The van der Waals surface area contributed by atoms with Crippen LogP contribution in [0.15, 0.2) is 24.3 Å². The minimum absolute atomic E-state index is 0.247. The summed E-state index contributed by atoms with van der Waals surface area (Å²) in [4.78, 5) is 3.33. The Morgan fingerprint density at radius 1 is 1.14 bits per heavy atom. The molecule has 1 aromatic rings. The van der Waals surface area contributed by atoms with Crippen LogP contribution >= 0.6 is 0 Å². The van der Waals surface area contributed by atoms with Gasteiger partial charge in [-0.2, -0.15) is 0 Å². The molecule has 0 bridgehead atoms. The highest BCUT2D eigenvalue weighted by Crippen LogP contribution is 2.09. The smallest absolute Gasteiger partial charge is 0.407 e. The maximum Gasteiger partial charge on any atom is 0.493 e. The van der Waals surface area contributed by atoms with Gasteiger partial charge in [0.15, 0.2) is 5.69 Å². The summed E-state index contributed by atoms with van der Waals surface area (Å²) >= 11 is 0. The van der Waals surface area contributed by atoms with Crippen LogP contribution < -0.4 is 5.46 Å². The Kier molecular flexibility index (Phi) is 2.83. The molecule has 0 radical (unpaired) electrons. The predicted octanol–water partition coefficient (Wildman–Crippen LogP) is 1.37. The Balaban J connectivity index is 2.12. The van der Waals surface area contributed by atoms with E-state index in [0.29, 0.717) is 5.69 Å². The molecule has 4 heteroatoms. The fourth-order valence-electron chi connectivity index (χ4n) is 1.39. The molecule has 0 aromatic heterocycles. The molecule has 0 amide bonds. The zero-order valence-corrected chi connectivity index (χ0v) is 7.77. The van der Waals surface area contributed by atoms with Crippen molar-refractivity contribution in [1.82, 2.24) is 0 Å². The molecule has 1 aromatic carbocycles. The number of benzene rings is 1. The lowest BCUT2D eigenvalue weighted by Crippen LogP contribution is -2.40. The second-order valence-corrected chi connectivity index (χ2v) is 3.13. The maximum absolute atomic E-state index is 6.82. The third-order valence-corrected chi connectivity index (χ3v) is 2.12. The van der Waals surface area contributed by atoms with Crippen LogP contribution in [0.5, 0.6) is 0 Å². The molecule has 0 atom stereocenters. The van der Waals surface area contributed by atoms with E-state index in [1.54, 1.807) is 12.1 Å². The van der Waals surface area contributed by atoms with E-state index in [1.165, 1.54) is 0 Å². The second kappa shape index (κ2) is 4.27. The van der Waals surface area contributed by atoms with Gasteiger partial charge >= 0.3 is 7.12 Å². The molecule has 1 fully saturated rings. The average Bonchev–Trinajstić information content (AvgIpc) is 2.30. The van der Waals surface area contributed by atoms with Crippen molar-refractivity contribution in [3.8, 4) is 0 Å². The quantitative estimate of drug-likeness (QED) is 0.489. The summed E-state index contributed by atoms with van der Waals surface area (Å²) < 4.78 is 10.9. The van der Waals surface area contributed by atoms with Gasteiger partial charge in [0.1, 0.15) is 0 Å². The van der Waals surface area contributed by atoms with Crippen LogP contribution in [0, 0.1) is 6.57 Å². The van der Waals surface area contributed by atoms with Crippen LogP contribution in [0.2, 0.25) is 0 Å². The van der Waals surface area contributed by atoms with Crippen molar-refractivity contribution in [2.45, 2.75) is 6.42 Å². The van der Waals surface area contributed by atoms with Crippen LogP contribution in [0.3, 0.4) is 0 Å². The highest BCUT2D eigenvalue weighted by Gasteiger charge is 2.23. The molecular formula is C10H10BNO2. The first-order valence-corrected chi connectivity index (χ1v) is 4.61. The van der Waals surface area contributed by atoms with Crippen LogP contribution in [-0.4, -0.2) is 20.3 Å². The van der Waals surface area contributed by atoms with Crippen molar-refractivity contribution in [3.63, 3.8) is 0 Å². The van der Waals surface area contributed by atoms with Gasteiger partial charge in [-0.1, -0.05) is 24.3 Å². The van der Waals surface area contributed by atoms with E-state index in [-0.39, 0.29) is 7.12 Å². The molecule has 0 saturated carbocycles. The molecule has 2 rings (SSSR count). The van der Waals surface area contributed by atoms with E-state index in [2.05, 4.69) is 4.85 Å². The first-order valence-electron chi connectivity index (χ1n) is 4.61. The fourth-order valence-corrected chi connectivity index (χ4v) is 1.39. The highest BCUT2D eigenvalue weighted by atomic mass is 16.6. The lowest BCUT2D eigenvalue weighted by molar-refractivity contribution is 0.143. The Morgan fingerprint density at radius 2 is 1.79 bits per heavy atom. The minimum Gasteiger partial charge on any atom is -0.407 e. The van der Waals surface area contributed by atoms with Crippen LogP contribution in [-0.2, 0) is 9.31 Å². The molecular weight excluding hydrogens is 177 g/mol. The van der Waals surface area contributed by atoms with Gasteiger partial charge in [-0.3, -0.25) is 0 Å². The Labute approximate surface area is 83.6 Å². The van der Waals surface area contributed by atoms with Gasteiger partial charge in [0.2, 0.25) is 0 Å². The Bertz CT molecular complexity index is 338. The summed E-state index contributed by atoms with van der Waals surface area (Å²) in [7, 11) is -0.247. The van der Waals surface area contributed by atoms with Gasteiger partial charge in [0.05, 0.1) is 6.57 Å². The average molecular weight is 187 g/mol. The SMILES string of the molecule is [C-]#[N+]c1ccc(B2OCCCO2)cc1. The highest BCUT2D eigenvalue weighted by molar-refractivity contribution is 6.61. The zero-order valence-electron chi connectivity index (χ0n) is 7.77. The van der Waals surface area contributed by atoms with Gasteiger partial charge in [-0.15, -0.1) is 0 Å². The summed E-state index contributed by atoms with van der Waals surface area (Å²) in [6, 6.07) is 7.32. The Hall–Kier alpha value is -1.31. The third kappa shape index (κ3) is 1.95. The number of rotatable bonds is 1. The molecule has 1 saturated heterocycles. The van der Waals surface area contributed by atoms with Gasteiger partial charge in [-0.25, -0.2) is 4.85 Å². The van der Waals surface area contributed by atoms with Crippen LogP contribution in [0.4, 0.5) is 5.69 Å². The maximum atomic E-state index is 6.82. The van der Waals surface area contributed by atoms with Crippen molar-refractivity contribution >= 4 is 18.3 Å². The molecule has 0 spiro atoms. The predicted molar refractivity (Wildman–Crippen MR) is 54.6 cm³/mol. The number of nitrogens with zero attached hydrogens (tertiary/aromatic N) is 1. The molecule has 0 aliphatic carbocycles. The van der Waals surface area contributed by atoms with Crippen molar-refractivity contribution in [2.24, 2.45) is 0 Å². The lowest BCUT2D eigenvalue weighted by atomic mass is 9.78. The summed E-state index contributed by atoms with van der Waals surface area (Å²) in [6.45, 7) is 8.31. The largest absolute Gasteiger partial charge is 0.493 e. The number of hydrogen-bond acceptors (Lipinski definition) is 2. The van der Waals surface area contributed by atoms with E-state index in [9.17, 15) is 0 Å². The zero-order chi connectivity index (χ0) is 9.80. The van der Waals surface area contributed by atoms with Crippen molar-refractivity contribution < 1.29 is 9.31 Å². The molecule has 1 heterocycles. The summed E-state index contributed by atoms with van der Waals surface area (Å²) in [5.41, 5.74) is 1.63. The van der Waals surface area contributed by atoms with Crippen LogP contribution in [0.1, 0.15) is 6.42 Å². The van der Waals surface area contributed by atoms with E-state index in [1.807, 2.05) is 12.1 Å². The molecule has 0 N–H and O–H groups in total. The Morgan fingerprint density at radius 3 is 2.36 bits per heavy atom. The van der Waals surface area contributed by atoms with Gasteiger partial charge in [0.25, 0.3) is 0 Å². The van der Waals surface area contributed by atoms with Crippen molar-refractivity contribution in [3.05, 3.63) is 35.7 Å². The minimum atomic E-state index is -0.247.